The maximum absolute atomic E-state index is 10.4. The quantitative estimate of drug-likeness (QED) is 0.774. The molecule has 5 nitrogen and oxygen atoms in total. The lowest BCUT2D eigenvalue weighted by Gasteiger charge is -2.06. The van der Waals surface area contributed by atoms with Crippen molar-refractivity contribution in [3.63, 3.8) is 0 Å². The molecule has 0 fully saturated rings. The van der Waals surface area contributed by atoms with E-state index in [1.54, 1.807) is 15.6 Å². The molecule has 0 spiro atoms. The van der Waals surface area contributed by atoms with Gasteiger partial charge in [0.1, 0.15) is 6.10 Å². The van der Waals surface area contributed by atoms with Crippen LogP contribution in [0.2, 0.25) is 0 Å². The van der Waals surface area contributed by atoms with Crippen molar-refractivity contribution < 1.29 is 5.11 Å². The summed E-state index contributed by atoms with van der Waals surface area (Å²) in [5, 5.41) is 19.9. The minimum atomic E-state index is -0.615. The molecule has 1 unspecified atom stereocenters. The molecule has 98 valence electrons. The van der Waals surface area contributed by atoms with E-state index >= 15 is 0 Å². The van der Waals surface area contributed by atoms with E-state index in [1.165, 1.54) is 0 Å². The van der Waals surface area contributed by atoms with E-state index in [0.717, 1.165) is 22.2 Å². The second-order valence-electron chi connectivity index (χ2n) is 4.77. The molecule has 19 heavy (non-hydrogen) atoms. The van der Waals surface area contributed by atoms with Crippen LogP contribution in [0.5, 0.6) is 0 Å². The summed E-state index contributed by atoms with van der Waals surface area (Å²) in [7, 11) is 3.76. The number of aromatic nitrogens is 4. The van der Waals surface area contributed by atoms with Gasteiger partial charge in [-0.05, 0) is 11.6 Å². The van der Waals surface area contributed by atoms with E-state index in [2.05, 4.69) is 10.2 Å². The molecule has 0 radical (unpaired) electrons. The van der Waals surface area contributed by atoms with Crippen molar-refractivity contribution >= 4 is 10.9 Å². The first-order valence-electron chi connectivity index (χ1n) is 6.22. The van der Waals surface area contributed by atoms with Crippen LogP contribution < -0.4 is 0 Å². The summed E-state index contributed by atoms with van der Waals surface area (Å²) in [6, 6.07) is 7.93. The van der Waals surface area contributed by atoms with Crippen LogP contribution in [-0.2, 0) is 20.5 Å². The van der Waals surface area contributed by atoms with Gasteiger partial charge in [-0.25, -0.2) is 0 Å². The van der Waals surface area contributed by atoms with Crippen molar-refractivity contribution in [1.29, 1.82) is 0 Å². The average Bonchev–Trinajstić information content (AvgIpc) is 2.95. The summed E-state index contributed by atoms with van der Waals surface area (Å²) in [6.45, 7) is 0. The highest BCUT2D eigenvalue weighted by molar-refractivity contribution is 5.82. The summed E-state index contributed by atoms with van der Waals surface area (Å²) in [5.74, 6) is 0. The Morgan fingerprint density at radius 1 is 1.26 bits per heavy atom. The van der Waals surface area contributed by atoms with Crippen LogP contribution in [0.4, 0.5) is 0 Å². The third-order valence-corrected chi connectivity index (χ3v) is 3.29. The Morgan fingerprint density at radius 3 is 2.79 bits per heavy atom. The lowest BCUT2D eigenvalue weighted by molar-refractivity contribution is 0.174. The van der Waals surface area contributed by atoms with Crippen molar-refractivity contribution in [1.82, 2.24) is 19.6 Å². The Hall–Kier alpha value is -2.14. The molecule has 1 atom stereocenters. The Bertz CT molecular complexity index is 713. The zero-order valence-corrected chi connectivity index (χ0v) is 11.0. The zero-order valence-electron chi connectivity index (χ0n) is 11.0. The number of para-hydroxylation sites is 1. The molecule has 0 bridgehead atoms. The molecular formula is C14H16N4O. The number of hydrogen-bond donors (Lipinski definition) is 1. The van der Waals surface area contributed by atoms with Crippen molar-refractivity contribution in [3.05, 3.63) is 47.9 Å². The highest BCUT2D eigenvalue weighted by Crippen LogP contribution is 2.25. The van der Waals surface area contributed by atoms with Gasteiger partial charge in [-0.2, -0.15) is 10.2 Å². The van der Waals surface area contributed by atoms with Crippen LogP contribution >= 0.6 is 0 Å². The SMILES string of the molecule is Cn1cc(CC(O)c2nn(C)c3ccccc23)cn1. The van der Waals surface area contributed by atoms with Gasteiger partial charge in [-0.1, -0.05) is 18.2 Å². The molecule has 0 aliphatic carbocycles. The fourth-order valence-corrected chi connectivity index (χ4v) is 2.39. The Balaban J connectivity index is 1.95. The van der Waals surface area contributed by atoms with Crippen molar-refractivity contribution in [2.75, 3.05) is 0 Å². The van der Waals surface area contributed by atoms with Crippen molar-refractivity contribution in [2.45, 2.75) is 12.5 Å². The average molecular weight is 256 g/mol. The maximum atomic E-state index is 10.4. The first kappa shape index (κ1) is 11.9. The first-order valence-corrected chi connectivity index (χ1v) is 6.22. The molecule has 2 aromatic heterocycles. The topological polar surface area (TPSA) is 55.9 Å². The summed E-state index contributed by atoms with van der Waals surface area (Å²) < 4.78 is 3.54. The predicted octanol–water partition coefficient (Wildman–Crippen LogP) is 1.58. The Morgan fingerprint density at radius 2 is 2.05 bits per heavy atom. The van der Waals surface area contributed by atoms with Gasteiger partial charge < -0.3 is 5.11 Å². The van der Waals surface area contributed by atoms with Gasteiger partial charge in [-0.15, -0.1) is 0 Å². The van der Waals surface area contributed by atoms with Crippen LogP contribution in [0.1, 0.15) is 17.4 Å². The van der Waals surface area contributed by atoms with Crippen molar-refractivity contribution in [3.8, 4) is 0 Å². The van der Waals surface area contributed by atoms with Gasteiger partial charge in [0, 0.05) is 32.1 Å². The van der Waals surface area contributed by atoms with Crippen LogP contribution in [0.3, 0.4) is 0 Å². The number of fused-ring (bicyclic) bond motifs is 1. The zero-order chi connectivity index (χ0) is 13.4. The lowest BCUT2D eigenvalue weighted by Crippen LogP contribution is -2.03. The van der Waals surface area contributed by atoms with E-state index < -0.39 is 6.10 Å². The molecule has 5 heteroatoms. The van der Waals surface area contributed by atoms with Crippen LogP contribution in [0.25, 0.3) is 10.9 Å². The molecule has 2 heterocycles. The highest BCUT2D eigenvalue weighted by atomic mass is 16.3. The van der Waals surface area contributed by atoms with Gasteiger partial charge in [0.15, 0.2) is 0 Å². The van der Waals surface area contributed by atoms with Crippen LogP contribution in [0, 0.1) is 0 Å². The van der Waals surface area contributed by atoms with Crippen LogP contribution in [-0.4, -0.2) is 24.7 Å². The number of rotatable bonds is 3. The van der Waals surface area contributed by atoms with E-state index in [-0.39, 0.29) is 0 Å². The largest absolute Gasteiger partial charge is 0.386 e. The number of hydrogen-bond acceptors (Lipinski definition) is 3. The van der Waals surface area contributed by atoms with Gasteiger partial charge in [0.05, 0.1) is 17.4 Å². The third-order valence-electron chi connectivity index (χ3n) is 3.29. The molecule has 3 aromatic rings. The molecule has 1 N–H and O–H groups in total. The molecule has 0 saturated heterocycles. The van der Waals surface area contributed by atoms with E-state index in [1.807, 2.05) is 44.6 Å². The number of aliphatic hydroxyl groups is 1. The molecule has 3 rings (SSSR count). The van der Waals surface area contributed by atoms with Crippen LogP contribution in [0.15, 0.2) is 36.7 Å². The van der Waals surface area contributed by atoms with Gasteiger partial charge >= 0.3 is 0 Å². The molecular weight excluding hydrogens is 240 g/mol. The summed E-state index contributed by atoms with van der Waals surface area (Å²) in [4.78, 5) is 0. The first-order chi connectivity index (χ1) is 9.15. The van der Waals surface area contributed by atoms with E-state index in [9.17, 15) is 5.11 Å². The summed E-state index contributed by atoms with van der Waals surface area (Å²) in [5.41, 5.74) is 2.76. The maximum Gasteiger partial charge on any atom is 0.103 e. The van der Waals surface area contributed by atoms with Gasteiger partial charge in [-0.3, -0.25) is 9.36 Å². The standard InChI is InChI=1S/C14H16N4O/c1-17-9-10(8-15-17)7-13(19)14-11-5-3-4-6-12(11)18(2)16-14/h3-6,8-9,13,19H,7H2,1-2H3. The second kappa shape index (κ2) is 4.51. The van der Waals surface area contributed by atoms with Gasteiger partial charge in [0.25, 0.3) is 0 Å². The third kappa shape index (κ3) is 2.13. The number of aryl methyl sites for hydroxylation is 2. The van der Waals surface area contributed by atoms with E-state index in [0.29, 0.717) is 6.42 Å². The monoisotopic (exact) mass is 256 g/mol. The predicted molar refractivity (Wildman–Crippen MR) is 72.6 cm³/mol. The number of nitrogens with zero attached hydrogens (tertiary/aromatic N) is 4. The molecule has 0 saturated carbocycles. The highest BCUT2D eigenvalue weighted by Gasteiger charge is 2.17. The second-order valence-corrected chi connectivity index (χ2v) is 4.77. The number of aliphatic hydroxyl groups excluding tert-OH is 1. The Kier molecular flexibility index (Phi) is 2.83. The fraction of sp³-hybridized carbons (Fsp3) is 0.286. The van der Waals surface area contributed by atoms with Gasteiger partial charge in [0.2, 0.25) is 0 Å². The summed E-state index contributed by atoms with van der Waals surface area (Å²) in [6.07, 6.45) is 3.59. The van der Waals surface area contributed by atoms with E-state index in [4.69, 9.17) is 0 Å². The molecule has 1 aromatic carbocycles. The lowest BCUT2D eigenvalue weighted by atomic mass is 10.1. The smallest absolute Gasteiger partial charge is 0.103 e. The normalized spacial score (nSPS) is 13.0. The minimum Gasteiger partial charge on any atom is -0.386 e. The molecule has 0 aliphatic rings. The Labute approximate surface area is 111 Å². The molecule has 0 amide bonds. The fourth-order valence-electron chi connectivity index (χ4n) is 2.39. The molecule has 0 aliphatic heterocycles. The minimum absolute atomic E-state index is 0.523. The summed E-state index contributed by atoms with van der Waals surface area (Å²) >= 11 is 0. The number of benzene rings is 1. The van der Waals surface area contributed by atoms with Crippen molar-refractivity contribution in [2.24, 2.45) is 14.1 Å².